The predicted molar refractivity (Wildman–Crippen MR) is 93.9 cm³/mol. The Kier molecular flexibility index (Phi) is 9.45. The van der Waals surface area contributed by atoms with E-state index in [9.17, 15) is 0 Å². The first-order valence-corrected chi connectivity index (χ1v) is 7.43. The second-order valence-corrected chi connectivity index (χ2v) is 5.43. The predicted octanol–water partition coefficient (Wildman–Crippen LogP) is 6.70. The Morgan fingerprint density at radius 1 is 1.10 bits per heavy atom. The lowest BCUT2D eigenvalue weighted by Gasteiger charge is -2.08. The lowest BCUT2D eigenvalue weighted by Crippen LogP contribution is -1.88. The van der Waals surface area contributed by atoms with Gasteiger partial charge >= 0.3 is 0 Å². The molecule has 0 bridgehead atoms. The maximum Gasteiger partial charge on any atom is -0.00916 e. The molecule has 0 atom stereocenters. The average Bonchev–Trinajstić information content (AvgIpc) is 2.41. The Bertz CT molecular complexity index is 439. The molecule has 0 aliphatic heterocycles. The van der Waals surface area contributed by atoms with E-state index in [1.807, 2.05) is 19.1 Å². The Morgan fingerprint density at radius 2 is 1.75 bits per heavy atom. The van der Waals surface area contributed by atoms with E-state index in [2.05, 4.69) is 52.7 Å². The molecule has 0 heterocycles. The van der Waals surface area contributed by atoms with Crippen LogP contribution in [0.25, 0.3) is 0 Å². The number of rotatable bonds is 9. The molecule has 110 valence electrons. The summed E-state index contributed by atoms with van der Waals surface area (Å²) in [6, 6.07) is 0. The van der Waals surface area contributed by atoms with E-state index < -0.39 is 0 Å². The summed E-state index contributed by atoms with van der Waals surface area (Å²) in [5.74, 6) is 0. The van der Waals surface area contributed by atoms with Crippen LogP contribution in [0.3, 0.4) is 0 Å². The van der Waals surface area contributed by atoms with Crippen molar-refractivity contribution in [3.8, 4) is 0 Å². The van der Waals surface area contributed by atoms with Crippen LogP contribution in [0, 0.1) is 0 Å². The minimum atomic E-state index is 0.857. The van der Waals surface area contributed by atoms with Crippen molar-refractivity contribution in [2.45, 2.75) is 53.4 Å². The molecule has 0 aromatic rings. The molecular formula is C20H30. The zero-order valence-electron chi connectivity index (χ0n) is 13.8. The van der Waals surface area contributed by atoms with Crippen molar-refractivity contribution in [1.82, 2.24) is 0 Å². The minimum absolute atomic E-state index is 0.857. The van der Waals surface area contributed by atoms with Crippen LogP contribution in [0.5, 0.6) is 0 Å². The summed E-state index contributed by atoms with van der Waals surface area (Å²) in [6.07, 6.45) is 12.8. The third kappa shape index (κ3) is 7.78. The van der Waals surface area contributed by atoms with Gasteiger partial charge in [0.25, 0.3) is 0 Å². The second-order valence-electron chi connectivity index (χ2n) is 5.43. The van der Waals surface area contributed by atoms with Crippen molar-refractivity contribution in [3.05, 3.63) is 71.9 Å². The van der Waals surface area contributed by atoms with Crippen molar-refractivity contribution in [1.29, 1.82) is 0 Å². The van der Waals surface area contributed by atoms with Crippen LogP contribution in [0.15, 0.2) is 71.9 Å². The summed E-state index contributed by atoms with van der Waals surface area (Å²) in [6.45, 7) is 20.5. The highest BCUT2D eigenvalue weighted by Gasteiger charge is 2.00. The molecule has 0 aromatic heterocycles. The fourth-order valence-electron chi connectivity index (χ4n) is 1.76. The molecule has 0 aliphatic rings. The van der Waals surface area contributed by atoms with Gasteiger partial charge in [0.15, 0.2) is 0 Å². The summed E-state index contributed by atoms with van der Waals surface area (Å²) in [7, 11) is 0. The lowest BCUT2D eigenvalue weighted by molar-refractivity contribution is 0.787. The molecule has 0 aromatic carbocycles. The van der Waals surface area contributed by atoms with Gasteiger partial charge in [-0.2, -0.15) is 0 Å². The normalized spacial score (nSPS) is 13.3. The van der Waals surface area contributed by atoms with Crippen LogP contribution in [-0.2, 0) is 0 Å². The monoisotopic (exact) mass is 270 g/mol. The van der Waals surface area contributed by atoms with Crippen molar-refractivity contribution >= 4 is 0 Å². The van der Waals surface area contributed by atoms with E-state index in [0.29, 0.717) is 0 Å². The fourth-order valence-corrected chi connectivity index (χ4v) is 1.76. The number of hydrogen-bond acceptors (Lipinski definition) is 0. The van der Waals surface area contributed by atoms with E-state index >= 15 is 0 Å². The highest BCUT2D eigenvalue weighted by Crippen LogP contribution is 2.20. The minimum Gasteiger partial charge on any atom is -0.0990 e. The van der Waals surface area contributed by atoms with Crippen molar-refractivity contribution < 1.29 is 0 Å². The second kappa shape index (κ2) is 10.3. The fraction of sp³-hybridized carbons (Fsp3) is 0.400. The Morgan fingerprint density at radius 3 is 2.25 bits per heavy atom. The number of allylic oxidation sites excluding steroid dienone is 9. The van der Waals surface area contributed by atoms with Crippen LogP contribution in [0.2, 0.25) is 0 Å². The van der Waals surface area contributed by atoms with Gasteiger partial charge in [0, 0.05) is 0 Å². The molecule has 0 aliphatic carbocycles. The standard InChI is InChI=1S/C20H30/c1-8-10-12-17(5)15-20(11-9-2)19(7)14-13-18(6)16(3)4/h9,11,13,15H,2-3,7-8,10,12,14H2,1,4-6H3. The summed E-state index contributed by atoms with van der Waals surface area (Å²) in [5.41, 5.74) is 6.06. The van der Waals surface area contributed by atoms with Crippen molar-refractivity contribution in [3.63, 3.8) is 0 Å². The first-order valence-electron chi connectivity index (χ1n) is 7.43. The van der Waals surface area contributed by atoms with Crippen LogP contribution in [-0.4, -0.2) is 0 Å². The first kappa shape index (κ1) is 18.4. The van der Waals surface area contributed by atoms with Gasteiger partial charge in [-0.1, -0.05) is 74.1 Å². The van der Waals surface area contributed by atoms with Gasteiger partial charge in [-0.05, 0) is 51.2 Å². The maximum atomic E-state index is 4.20. The summed E-state index contributed by atoms with van der Waals surface area (Å²) in [5, 5.41) is 0. The Labute approximate surface area is 126 Å². The van der Waals surface area contributed by atoms with E-state index in [0.717, 1.165) is 24.0 Å². The van der Waals surface area contributed by atoms with E-state index in [-0.39, 0.29) is 0 Å². The van der Waals surface area contributed by atoms with Crippen LogP contribution < -0.4 is 0 Å². The summed E-state index contributed by atoms with van der Waals surface area (Å²) < 4.78 is 0. The molecule has 0 unspecified atom stereocenters. The van der Waals surface area contributed by atoms with Gasteiger partial charge in [-0.15, -0.1) is 0 Å². The van der Waals surface area contributed by atoms with Gasteiger partial charge in [-0.3, -0.25) is 0 Å². The third-order valence-corrected chi connectivity index (χ3v) is 3.36. The summed E-state index contributed by atoms with van der Waals surface area (Å²) >= 11 is 0. The molecule has 0 radical (unpaired) electrons. The quantitative estimate of drug-likeness (QED) is 0.409. The van der Waals surface area contributed by atoms with E-state index in [1.54, 1.807) is 0 Å². The molecule has 0 nitrogen and oxygen atoms in total. The molecular weight excluding hydrogens is 240 g/mol. The molecule has 0 amide bonds. The molecule has 0 saturated carbocycles. The molecule has 20 heavy (non-hydrogen) atoms. The Balaban J connectivity index is 4.89. The van der Waals surface area contributed by atoms with Crippen LogP contribution in [0.1, 0.15) is 53.4 Å². The highest BCUT2D eigenvalue weighted by atomic mass is 14.1. The number of unbranched alkanes of at least 4 members (excludes halogenated alkanes) is 1. The third-order valence-electron chi connectivity index (χ3n) is 3.36. The molecule has 0 saturated heterocycles. The molecule has 0 spiro atoms. The number of hydrogen-bond donors (Lipinski definition) is 0. The van der Waals surface area contributed by atoms with Gasteiger partial charge in [0.1, 0.15) is 0 Å². The topological polar surface area (TPSA) is 0 Å². The zero-order valence-corrected chi connectivity index (χ0v) is 13.8. The van der Waals surface area contributed by atoms with Crippen LogP contribution in [0.4, 0.5) is 0 Å². The van der Waals surface area contributed by atoms with Gasteiger partial charge < -0.3 is 0 Å². The largest absolute Gasteiger partial charge is 0.0990 e. The zero-order chi connectivity index (χ0) is 15.5. The SMILES string of the molecule is C=CC=C(C=C(C)CCCC)C(=C)CC=C(C)C(=C)C. The first-order chi connectivity index (χ1) is 9.42. The Hall–Kier alpha value is -1.56. The lowest BCUT2D eigenvalue weighted by atomic mass is 9.98. The van der Waals surface area contributed by atoms with Gasteiger partial charge in [-0.25, -0.2) is 0 Å². The highest BCUT2D eigenvalue weighted by molar-refractivity contribution is 5.43. The van der Waals surface area contributed by atoms with Crippen LogP contribution >= 0.6 is 0 Å². The van der Waals surface area contributed by atoms with E-state index in [1.165, 1.54) is 29.6 Å². The van der Waals surface area contributed by atoms with E-state index in [4.69, 9.17) is 0 Å². The smallest absolute Gasteiger partial charge is 0.00916 e. The van der Waals surface area contributed by atoms with Gasteiger partial charge in [0.2, 0.25) is 0 Å². The molecule has 0 N–H and O–H groups in total. The molecule has 0 fully saturated rings. The van der Waals surface area contributed by atoms with Gasteiger partial charge in [0.05, 0.1) is 0 Å². The van der Waals surface area contributed by atoms with Crippen molar-refractivity contribution in [2.75, 3.05) is 0 Å². The summed E-state index contributed by atoms with van der Waals surface area (Å²) in [4.78, 5) is 0. The van der Waals surface area contributed by atoms with Crippen molar-refractivity contribution in [2.24, 2.45) is 0 Å². The maximum absolute atomic E-state index is 4.20. The molecule has 0 rings (SSSR count). The molecule has 0 heteroatoms. The average molecular weight is 270 g/mol.